The molecule has 1 aromatic rings. The van der Waals surface area contributed by atoms with Crippen molar-refractivity contribution in [2.75, 3.05) is 6.61 Å². The van der Waals surface area contributed by atoms with E-state index in [2.05, 4.69) is 32.9 Å². The average Bonchev–Trinajstić information content (AvgIpc) is 2.68. The fraction of sp³-hybridized carbons (Fsp3) is 0.600. The molecular formula is C15H23NO. The topological polar surface area (TPSA) is 35.2 Å². The molecule has 1 aromatic carbocycles. The Hall–Kier alpha value is -0.860. The van der Waals surface area contributed by atoms with E-state index in [1.807, 2.05) is 0 Å². The molecule has 0 saturated carbocycles. The van der Waals surface area contributed by atoms with Crippen molar-refractivity contribution in [3.8, 4) is 0 Å². The first-order valence-electron chi connectivity index (χ1n) is 6.53. The largest absolute Gasteiger partial charge is 0.378 e. The third kappa shape index (κ3) is 2.88. The third-order valence-corrected chi connectivity index (χ3v) is 3.65. The molecule has 0 aliphatic carbocycles. The van der Waals surface area contributed by atoms with E-state index in [9.17, 15) is 0 Å². The smallest absolute Gasteiger partial charge is 0.0594 e. The van der Waals surface area contributed by atoms with Crippen LogP contribution in [-0.2, 0) is 4.74 Å². The molecule has 2 atom stereocenters. The number of benzene rings is 1. The standard InChI is InChI=1S/C15H23NO/c1-10-7-11(2)15(12(3)8-10)14(16)9-13-5-4-6-17-13/h7-8,13-14H,4-6,9,16H2,1-3H3. The Morgan fingerprint density at radius 1 is 1.29 bits per heavy atom. The highest BCUT2D eigenvalue weighted by Gasteiger charge is 2.21. The SMILES string of the molecule is Cc1cc(C)c(C(N)CC2CCCO2)c(C)c1. The lowest BCUT2D eigenvalue weighted by atomic mass is 9.91. The molecule has 0 aromatic heterocycles. The Morgan fingerprint density at radius 3 is 2.47 bits per heavy atom. The third-order valence-electron chi connectivity index (χ3n) is 3.65. The van der Waals surface area contributed by atoms with Crippen molar-refractivity contribution in [2.45, 2.75) is 52.2 Å². The van der Waals surface area contributed by atoms with Crippen LogP contribution in [0.25, 0.3) is 0 Å². The zero-order chi connectivity index (χ0) is 12.4. The quantitative estimate of drug-likeness (QED) is 0.870. The Kier molecular flexibility index (Phi) is 3.85. The van der Waals surface area contributed by atoms with Crippen LogP contribution in [0.2, 0.25) is 0 Å². The van der Waals surface area contributed by atoms with Crippen LogP contribution in [0.4, 0.5) is 0 Å². The van der Waals surface area contributed by atoms with Crippen molar-refractivity contribution in [1.29, 1.82) is 0 Å². The summed E-state index contributed by atoms with van der Waals surface area (Å²) in [6, 6.07) is 4.55. The zero-order valence-electron chi connectivity index (χ0n) is 11.1. The minimum Gasteiger partial charge on any atom is -0.378 e. The van der Waals surface area contributed by atoms with Gasteiger partial charge in [0.15, 0.2) is 0 Å². The molecular weight excluding hydrogens is 210 g/mol. The second-order valence-electron chi connectivity index (χ2n) is 5.29. The van der Waals surface area contributed by atoms with E-state index in [1.165, 1.54) is 28.7 Å². The van der Waals surface area contributed by atoms with Crippen molar-refractivity contribution in [3.63, 3.8) is 0 Å². The van der Waals surface area contributed by atoms with Gasteiger partial charge in [-0.1, -0.05) is 17.7 Å². The van der Waals surface area contributed by atoms with Crippen LogP contribution >= 0.6 is 0 Å². The number of ether oxygens (including phenoxy) is 1. The predicted octanol–water partition coefficient (Wildman–Crippen LogP) is 3.18. The first kappa shape index (κ1) is 12.6. The van der Waals surface area contributed by atoms with E-state index in [4.69, 9.17) is 10.5 Å². The normalized spacial score (nSPS) is 21.8. The summed E-state index contributed by atoms with van der Waals surface area (Å²) >= 11 is 0. The highest BCUT2D eigenvalue weighted by atomic mass is 16.5. The van der Waals surface area contributed by atoms with Crippen LogP contribution < -0.4 is 5.73 Å². The molecule has 0 radical (unpaired) electrons. The summed E-state index contributed by atoms with van der Waals surface area (Å²) in [5, 5.41) is 0. The van der Waals surface area contributed by atoms with Gasteiger partial charge in [0.25, 0.3) is 0 Å². The van der Waals surface area contributed by atoms with Crippen molar-refractivity contribution in [1.82, 2.24) is 0 Å². The molecule has 2 rings (SSSR count). The highest BCUT2D eigenvalue weighted by Crippen LogP contribution is 2.28. The predicted molar refractivity (Wildman–Crippen MR) is 71.2 cm³/mol. The van der Waals surface area contributed by atoms with Gasteiger partial charge in [-0.25, -0.2) is 0 Å². The van der Waals surface area contributed by atoms with Crippen molar-refractivity contribution >= 4 is 0 Å². The summed E-state index contributed by atoms with van der Waals surface area (Å²) in [7, 11) is 0. The maximum absolute atomic E-state index is 6.35. The molecule has 2 nitrogen and oxygen atoms in total. The molecule has 1 heterocycles. The van der Waals surface area contributed by atoms with Gasteiger partial charge in [0, 0.05) is 12.6 Å². The molecule has 2 heteroatoms. The minimum absolute atomic E-state index is 0.110. The van der Waals surface area contributed by atoms with E-state index in [0.29, 0.717) is 6.10 Å². The monoisotopic (exact) mass is 233 g/mol. The van der Waals surface area contributed by atoms with E-state index in [1.54, 1.807) is 0 Å². The van der Waals surface area contributed by atoms with Crippen LogP contribution in [0.3, 0.4) is 0 Å². The fourth-order valence-electron chi connectivity index (χ4n) is 3.01. The van der Waals surface area contributed by atoms with E-state index >= 15 is 0 Å². The Labute approximate surface area is 104 Å². The lowest BCUT2D eigenvalue weighted by Crippen LogP contribution is -2.20. The van der Waals surface area contributed by atoms with Crippen LogP contribution in [0, 0.1) is 20.8 Å². The first-order chi connectivity index (χ1) is 8.08. The zero-order valence-corrected chi connectivity index (χ0v) is 11.1. The molecule has 17 heavy (non-hydrogen) atoms. The molecule has 0 spiro atoms. The maximum Gasteiger partial charge on any atom is 0.0594 e. The number of nitrogens with two attached hydrogens (primary N) is 1. The van der Waals surface area contributed by atoms with Gasteiger partial charge in [0.2, 0.25) is 0 Å². The number of aryl methyl sites for hydroxylation is 3. The molecule has 1 fully saturated rings. The average molecular weight is 233 g/mol. The van der Waals surface area contributed by atoms with Gasteiger partial charge < -0.3 is 10.5 Å². The maximum atomic E-state index is 6.35. The second kappa shape index (κ2) is 5.19. The van der Waals surface area contributed by atoms with E-state index in [0.717, 1.165) is 19.4 Å². The highest BCUT2D eigenvalue weighted by molar-refractivity contribution is 5.39. The minimum atomic E-state index is 0.110. The Bertz CT molecular complexity index is 371. The van der Waals surface area contributed by atoms with Crippen molar-refractivity contribution in [2.24, 2.45) is 5.73 Å². The molecule has 0 bridgehead atoms. The van der Waals surface area contributed by atoms with Crippen molar-refractivity contribution in [3.05, 3.63) is 34.4 Å². The van der Waals surface area contributed by atoms with E-state index in [-0.39, 0.29) is 6.04 Å². The molecule has 0 amide bonds. The molecule has 1 aliphatic heterocycles. The summed E-state index contributed by atoms with van der Waals surface area (Å²) in [5.74, 6) is 0. The van der Waals surface area contributed by atoms with Crippen LogP contribution in [0.15, 0.2) is 12.1 Å². The summed E-state index contributed by atoms with van der Waals surface area (Å²) in [5.41, 5.74) is 11.6. The van der Waals surface area contributed by atoms with Crippen LogP contribution in [0.5, 0.6) is 0 Å². The van der Waals surface area contributed by atoms with Gasteiger partial charge in [-0.05, 0) is 56.7 Å². The number of rotatable bonds is 3. The van der Waals surface area contributed by atoms with Crippen LogP contribution in [0.1, 0.15) is 47.6 Å². The lowest BCUT2D eigenvalue weighted by Gasteiger charge is -2.21. The molecule has 2 unspecified atom stereocenters. The number of hydrogen-bond donors (Lipinski definition) is 1. The first-order valence-corrected chi connectivity index (χ1v) is 6.53. The van der Waals surface area contributed by atoms with Crippen molar-refractivity contribution < 1.29 is 4.74 Å². The van der Waals surface area contributed by atoms with Gasteiger partial charge in [-0.15, -0.1) is 0 Å². The Morgan fingerprint density at radius 2 is 1.94 bits per heavy atom. The van der Waals surface area contributed by atoms with E-state index < -0.39 is 0 Å². The van der Waals surface area contributed by atoms with Gasteiger partial charge in [-0.2, -0.15) is 0 Å². The molecule has 1 aliphatic rings. The summed E-state index contributed by atoms with van der Waals surface area (Å²) in [6.45, 7) is 7.36. The van der Waals surface area contributed by atoms with Crippen LogP contribution in [-0.4, -0.2) is 12.7 Å². The Balaban J connectivity index is 2.15. The molecule has 2 N–H and O–H groups in total. The molecule has 1 saturated heterocycles. The van der Waals surface area contributed by atoms with Gasteiger partial charge >= 0.3 is 0 Å². The molecule has 94 valence electrons. The summed E-state index contributed by atoms with van der Waals surface area (Å²) < 4.78 is 5.67. The lowest BCUT2D eigenvalue weighted by molar-refractivity contribution is 0.0982. The van der Waals surface area contributed by atoms with Gasteiger partial charge in [0.05, 0.1) is 6.10 Å². The van der Waals surface area contributed by atoms with Gasteiger partial charge in [-0.3, -0.25) is 0 Å². The summed E-state index contributed by atoms with van der Waals surface area (Å²) in [4.78, 5) is 0. The fourth-order valence-corrected chi connectivity index (χ4v) is 3.01. The number of hydrogen-bond acceptors (Lipinski definition) is 2. The van der Waals surface area contributed by atoms with Gasteiger partial charge in [0.1, 0.15) is 0 Å². The second-order valence-corrected chi connectivity index (χ2v) is 5.29. The summed E-state index contributed by atoms with van der Waals surface area (Å²) in [6.07, 6.45) is 3.66.